The molecule has 19 heavy (non-hydrogen) atoms. The lowest BCUT2D eigenvalue weighted by atomic mass is 9.97. The molecule has 1 aliphatic rings. The van der Waals surface area contributed by atoms with Crippen LogP contribution in [-0.4, -0.2) is 47.6 Å². The van der Waals surface area contributed by atoms with Gasteiger partial charge >= 0.3 is 5.97 Å². The fourth-order valence-corrected chi connectivity index (χ4v) is 2.54. The first-order valence-corrected chi connectivity index (χ1v) is 7.14. The Morgan fingerprint density at radius 2 is 1.84 bits per heavy atom. The van der Waals surface area contributed by atoms with Crippen LogP contribution in [0.5, 0.6) is 0 Å². The first-order valence-electron chi connectivity index (χ1n) is 7.14. The van der Waals surface area contributed by atoms with Gasteiger partial charge in [-0.3, -0.25) is 9.59 Å². The first-order chi connectivity index (χ1) is 8.90. The van der Waals surface area contributed by atoms with Crippen LogP contribution >= 0.6 is 0 Å². The minimum Gasteiger partial charge on any atom is -0.481 e. The van der Waals surface area contributed by atoms with Crippen LogP contribution in [0.4, 0.5) is 0 Å². The highest BCUT2D eigenvalue weighted by molar-refractivity contribution is 5.79. The third kappa shape index (κ3) is 5.59. The van der Waals surface area contributed by atoms with Crippen molar-refractivity contribution in [3.05, 3.63) is 0 Å². The fraction of sp³-hybridized carbons (Fsp3) is 0.857. The zero-order valence-corrected chi connectivity index (χ0v) is 12.2. The second-order valence-electron chi connectivity index (χ2n) is 5.90. The molecule has 0 aromatic rings. The Bertz CT molecular complexity index is 310. The van der Waals surface area contributed by atoms with Crippen LogP contribution in [0.1, 0.15) is 40.0 Å². The number of piperidine rings is 1. The lowest BCUT2D eigenvalue weighted by Crippen LogP contribution is -2.45. The van der Waals surface area contributed by atoms with Gasteiger partial charge in [-0.2, -0.15) is 0 Å². The van der Waals surface area contributed by atoms with Crippen molar-refractivity contribution < 1.29 is 14.7 Å². The van der Waals surface area contributed by atoms with Crippen LogP contribution in [0.2, 0.25) is 0 Å². The third-order valence-electron chi connectivity index (χ3n) is 3.62. The van der Waals surface area contributed by atoms with Crippen molar-refractivity contribution in [2.45, 2.75) is 46.1 Å². The van der Waals surface area contributed by atoms with Crippen LogP contribution in [0.15, 0.2) is 0 Å². The highest BCUT2D eigenvalue weighted by Gasteiger charge is 2.26. The zero-order chi connectivity index (χ0) is 14.4. The Morgan fingerprint density at radius 1 is 1.26 bits per heavy atom. The molecule has 2 N–H and O–H groups in total. The van der Waals surface area contributed by atoms with Crippen molar-refractivity contribution in [1.82, 2.24) is 10.2 Å². The molecule has 0 spiro atoms. The number of carboxylic acids is 1. The van der Waals surface area contributed by atoms with Gasteiger partial charge in [0.15, 0.2) is 0 Å². The van der Waals surface area contributed by atoms with Crippen LogP contribution in [-0.2, 0) is 9.59 Å². The van der Waals surface area contributed by atoms with Crippen molar-refractivity contribution in [1.29, 1.82) is 0 Å². The van der Waals surface area contributed by atoms with Gasteiger partial charge in [-0.05, 0) is 32.1 Å². The van der Waals surface area contributed by atoms with Gasteiger partial charge in [0.25, 0.3) is 0 Å². The molecule has 0 saturated carbocycles. The summed E-state index contributed by atoms with van der Waals surface area (Å²) in [6.45, 7) is 7.90. The van der Waals surface area contributed by atoms with E-state index in [4.69, 9.17) is 5.11 Å². The summed E-state index contributed by atoms with van der Waals surface area (Å²) in [5.74, 6) is -0.323. The van der Waals surface area contributed by atoms with Gasteiger partial charge < -0.3 is 15.3 Å². The summed E-state index contributed by atoms with van der Waals surface area (Å²) in [4.78, 5) is 24.6. The zero-order valence-electron chi connectivity index (χ0n) is 12.2. The predicted octanol–water partition coefficient (Wildman–Crippen LogP) is 1.33. The van der Waals surface area contributed by atoms with Crippen LogP contribution in [0.3, 0.4) is 0 Å². The number of likely N-dealkylation sites (tertiary alicyclic amines) is 1. The number of nitrogens with zero attached hydrogens (tertiary/aromatic N) is 1. The van der Waals surface area contributed by atoms with Gasteiger partial charge in [0, 0.05) is 19.1 Å². The first kappa shape index (κ1) is 16.0. The molecule has 0 aliphatic carbocycles. The number of rotatable bonds is 6. The Kier molecular flexibility index (Phi) is 6.28. The number of amides is 1. The van der Waals surface area contributed by atoms with Gasteiger partial charge in [-0.15, -0.1) is 0 Å². The average molecular weight is 270 g/mol. The van der Waals surface area contributed by atoms with E-state index in [1.54, 1.807) is 4.90 Å². The Hall–Kier alpha value is -1.10. The molecule has 1 amide bonds. The summed E-state index contributed by atoms with van der Waals surface area (Å²) in [7, 11) is 0. The van der Waals surface area contributed by atoms with Crippen LogP contribution in [0.25, 0.3) is 0 Å². The van der Waals surface area contributed by atoms with Gasteiger partial charge in [0.05, 0.1) is 12.5 Å². The average Bonchev–Trinajstić information content (AvgIpc) is 2.35. The van der Waals surface area contributed by atoms with E-state index < -0.39 is 5.97 Å². The smallest absolute Gasteiger partial charge is 0.306 e. The summed E-state index contributed by atoms with van der Waals surface area (Å²) < 4.78 is 0. The monoisotopic (exact) mass is 270 g/mol. The van der Waals surface area contributed by atoms with Crippen molar-refractivity contribution >= 4 is 11.9 Å². The fourth-order valence-electron chi connectivity index (χ4n) is 2.54. The SMILES string of the molecule is CC(C)CC(C)NCC(=O)N1CCC(C(=O)O)CC1. The van der Waals surface area contributed by atoms with Gasteiger partial charge in [0.1, 0.15) is 0 Å². The number of aliphatic carboxylic acids is 1. The standard InChI is InChI=1S/C14H26N2O3/c1-10(2)8-11(3)15-9-13(17)16-6-4-12(5-7-16)14(18)19/h10-12,15H,4-9H2,1-3H3,(H,18,19). The summed E-state index contributed by atoms with van der Waals surface area (Å²) in [6.07, 6.45) is 2.19. The Morgan fingerprint density at radius 3 is 2.32 bits per heavy atom. The molecule has 0 aromatic heterocycles. The molecule has 1 fully saturated rings. The van der Waals surface area contributed by atoms with E-state index in [1.807, 2.05) is 0 Å². The van der Waals surface area contributed by atoms with E-state index in [2.05, 4.69) is 26.1 Å². The maximum absolute atomic E-state index is 12.0. The predicted molar refractivity (Wildman–Crippen MR) is 73.9 cm³/mol. The van der Waals surface area contributed by atoms with Crippen LogP contribution in [0, 0.1) is 11.8 Å². The largest absolute Gasteiger partial charge is 0.481 e. The summed E-state index contributed by atoms with van der Waals surface area (Å²) in [5.41, 5.74) is 0. The summed E-state index contributed by atoms with van der Waals surface area (Å²) >= 11 is 0. The maximum atomic E-state index is 12.0. The topological polar surface area (TPSA) is 69.6 Å². The van der Waals surface area contributed by atoms with Crippen molar-refractivity contribution in [2.24, 2.45) is 11.8 Å². The van der Waals surface area contributed by atoms with E-state index in [9.17, 15) is 9.59 Å². The van der Waals surface area contributed by atoms with E-state index in [0.29, 0.717) is 44.4 Å². The summed E-state index contributed by atoms with van der Waals surface area (Å²) in [5, 5.41) is 12.1. The van der Waals surface area contributed by atoms with E-state index >= 15 is 0 Å². The lowest BCUT2D eigenvalue weighted by molar-refractivity contribution is -0.145. The minimum atomic E-state index is -0.740. The molecule has 0 radical (unpaired) electrons. The molecule has 0 bridgehead atoms. The highest BCUT2D eigenvalue weighted by atomic mass is 16.4. The van der Waals surface area contributed by atoms with Gasteiger partial charge in [0.2, 0.25) is 5.91 Å². The van der Waals surface area contributed by atoms with Crippen molar-refractivity contribution in [2.75, 3.05) is 19.6 Å². The maximum Gasteiger partial charge on any atom is 0.306 e. The number of carbonyl (C=O) groups excluding carboxylic acids is 1. The molecule has 5 heteroatoms. The number of carboxylic acid groups (broad SMARTS) is 1. The van der Waals surface area contributed by atoms with E-state index in [1.165, 1.54) is 0 Å². The molecule has 1 saturated heterocycles. The number of hydrogen-bond acceptors (Lipinski definition) is 3. The molecule has 1 rings (SSSR count). The van der Waals surface area contributed by atoms with E-state index in [0.717, 1.165) is 6.42 Å². The molecule has 1 atom stereocenters. The molecule has 110 valence electrons. The molecular formula is C14H26N2O3. The molecule has 5 nitrogen and oxygen atoms in total. The second-order valence-corrected chi connectivity index (χ2v) is 5.90. The van der Waals surface area contributed by atoms with Crippen molar-refractivity contribution in [3.63, 3.8) is 0 Å². The molecule has 0 aromatic carbocycles. The van der Waals surface area contributed by atoms with E-state index in [-0.39, 0.29) is 11.8 Å². The highest BCUT2D eigenvalue weighted by Crippen LogP contribution is 2.17. The molecular weight excluding hydrogens is 244 g/mol. The Balaban J connectivity index is 2.26. The lowest BCUT2D eigenvalue weighted by Gasteiger charge is -2.30. The number of nitrogens with one attached hydrogen (secondary N) is 1. The minimum absolute atomic E-state index is 0.0828. The van der Waals surface area contributed by atoms with Gasteiger partial charge in [-0.25, -0.2) is 0 Å². The third-order valence-corrected chi connectivity index (χ3v) is 3.62. The molecule has 1 heterocycles. The number of carbonyl (C=O) groups is 2. The van der Waals surface area contributed by atoms with Gasteiger partial charge in [-0.1, -0.05) is 13.8 Å². The van der Waals surface area contributed by atoms with Crippen LogP contribution < -0.4 is 5.32 Å². The quantitative estimate of drug-likeness (QED) is 0.764. The second kappa shape index (κ2) is 7.48. The molecule has 1 aliphatic heterocycles. The number of hydrogen-bond donors (Lipinski definition) is 2. The summed E-state index contributed by atoms with van der Waals surface area (Å²) in [6, 6.07) is 0.334. The Labute approximate surface area is 115 Å². The van der Waals surface area contributed by atoms with Crippen molar-refractivity contribution in [3.8, 4) is 0 Å². The molecule has 1 unspecified atom stereocenters. The normalized spacial score (nSPS) is 18.6.